The molecule has 2 amide bonds. The molecule has 13 rings (SSSR count). The van der Waals surface area contributed by atoms with Crippen molar-refractivity contribution in [2.24, 2.45) is 4.99 Å². The van der Waals surface area contributed by atoms with Crippen LogP contribution in [0.5, 0.6) is 0 Å². The largest absolute Gasteiger partial charge is 0.390 e. The van der Waals surface area contributed by atoms with Crippen LogP contribution in [0.4, 0.5) is 38.0 Å². The molecule has 7 fully saturated rings. The molecular weight excluding hydrogens is 1180 g/mol. The van der Waals surface area contributed by atoms with Crippen LogP contribution in [0.1, 0.15) is 80.1 Å². The van der Waals surface area contributed by atoms with E-state index in [4.69, 9.17) is 14.2 Å². The van der Waals surface area contributed by atoms with Crippen LogP contribution in [0.3, 0.4) is 0 Å². The third-order valence-corrected chi connectivity index (χ3v) is 18.1. The van der Waals surface area contributed by atoms with Gasteiger partial charge in [0.15, 0.2) is 17.1 Å². The van der Waals surface area contributed by atoms with Gasteiger partial charge in [0.05, 0.1) is 111 Å². The lowest BCUT2D eigenvalue weighted by molar-refractivity contribution is -0.140. The van der Waals surface area contributed by atoms with E-state index in [1.807, 2.05) is 0 Å². The van der Waals surface area contributed by atoms with E-state index in [-0.39, 0.29) is 119 Å². The van der Waals surface area contributed by atoms with Crippen molar-refractivity contribution in [3.8, 4) is 0 Å². The number of hydrogen-bond donors (Lipinski definition) is 4. The number of ketones is 1. The van der Waals surface area contributed by atoms with Gasteiger partial charge in [0.2, 0.25) is 0 Å². The fourth-order valence-corrected chi connectivity index (χ4v) is 12.3. The van der Waals surface area contributed by atoms with Crippen molar-refractivity contribution in [3.05, 3.63) is 100 Å². The zero-order valence-corrected chi connectivity index (χ0v) is 48.1. The molecule has 11 heterocycles. The van der Waals surface area contributed by atoms with Gasteiger partial charge in [-0.25, -0.2) is 51.0 Å². The van der Waals surface area contributed by atoms with Crippen molar-refractivity contribution < 1.29 is 69.9 Å². The Kier molecular flexibility index (Phi) is 21.8. The van der Waals surface area contributed by atoms with E-state index in [0.29, 0.717) is 95.1 Å². The first-order valence-electron chi connectivity index (χ1n) is 28.4. The third kappa shape index (κ3) is 14.7. The summed E-state index contributed by atoms with van der Waals surface area (Å²) < 4.78 is 109. The van der Waals surface area contributed by atoms with Crippen LogP contribution in [0.25, 0.3) is 11.0 Å². The SMILES string of the molecule is C.C.C.C[Si](C)(C)CCOCn1nc(C(=O)N2C[C@@H](F)C[C@@H]2c2cc(F)ccc2F)c2c(N[C@@H]3CN(C4COC4)C[C@H]3O)ncnc21.O=C(C1=NCc2ncnc(N[C@@H]3CN(C4COC4)C[C@H]3O)c21)N1C[C@@H](F)C[C@@H]1c1cc(F)ccc1F.O=C1COC1. The minimum absolute atomic E-state index is 0. The Labute approximate surface area is 508 Å². The lowest BCUT2D eigenvalue weighted by Gasteiger charge is -2.34. The fourth-order valence-electron chi connectivity index (χ4n) is 11.5. The fraction of sp³-hybridized carbons (Fsp3) is 0.576. The summed E-state index contributed by atoms with van der Waals surface area (Å²) >= 11 is 0. The molecule has 22 nitrogen and oxygen atoms in total. The number of aromatic nitrogens is 6. The molecule has 0 aliphatic carbocycles. The number of aliphatic hydroxyl groups excluding tert-OH is 2. The second-order valence-electron chi connectivity index (χ2n) is 23.7. The molecule has 29 heteroatoms. The van der Waals surface area contributed by atoms with Crippen molar-refractivity contribution in [2.45, 2.75) is 135 Å². The first-order chi connectivity index (χ1) is 40.8. The monoisotopic (exact) mass is 1260 g/mol. The van der Waals surface area contributed by atoms with Gasteiger partial charge in [-0.15, -0.1) is 0 Å². The van der Waals surface area contributed by atoms with Crippen LogP contribution in [-0.4, -0.2) is 225 Å². The second-order valence-corrected chi connectivity index (χ2v) is 29.3. The molecule has 0 bridgehead atoms. The van der Waals surface area contributed by atoms with Crippen molar-refractivity contribution in [3.63, 3.8) is 0 Å². The Balaban J connectivity index is 0.000000207. The number of Topliss-reactive ketones (excluding diaryl/α,β-unsaturated/α-hetero) is 1. The van der Waals surface area contributed by atoms with E-state index in [1.165, 1.54) is 27.1 Å². The van der Waals surface area contributed by atoms with Gasteiger partial charge < -0.3 is 49.6 Å². The number of halogens is 6. The number of carbonyl (C=O) groups excluding carboxylic acids is 3. The highest BCUT2D eigenvalue weighted by Gasteiger charge is 2.45. The van der Waals surface area contributed by atoms with Crippen LogP contribution in [0.2, 0.25) is 25.7 Å². The number of ether oxygens (including phenoxy) is 4. The van der Waals surface area contributed by atoms with Crippen LogP contribution in [-0.2, 0) is 41.8 Å². The normalized spacial score (nSPS) is 25.2. The highest BCUT2D eigenvalue weighted by molar-refractivity contribution is 6.76. The zero-order valence-electron chi connectivity index (χ0n) is 47.1. The summed E-state index contributed by atoms with van der Waals surface area (Å²) in [4.78, 5) is 66.0. The van der Waals surface area contributed by atoms with Gasteiger partial charge in [-0.3, -0.25) is 29.2 Å². The van der Waals surface area contributed by atoms with E-state index in [9.17, 15) is 50.9 Å². The van der Waals surface area contributed by atoms with Gasteiger partial charge in [-0.05, 0) is 42.4 Å². The van der Waals surface area contributed by atoms with E-state index >= 15 is 0 Å². The average molecular weight is 1260 g/mol. The molecule has 0 spiro atoms. The van der Waals surface area contributed by atoms with Gasteiger partial charge in [0.1, 0.15) is 85.6 Å². The average Bonchev–Trinajstić information content (AvgIpc) is 2.62. The Morgan fingerprint density at radius 2 is 1.20 bits per heavy atom. The van der Waals surface area contributed by atoms with Crippen molar-refractivity contribution in [1.82, 2.24) is 49.3 Å². The number of carbonyl (C=O) groups is 3. The zero-order chi connectivity index (χ0) is 59.8. The summed E-state index contributed by atoms with van der Waals surface area (Å²) in [6, 6.07) is 4.61. The number of rotatable bonds is 15. The maximum absolute atomic E-state index is 14.8. The number of alkyl halides is 2. The summed E-state index contributed by atoms with van der Waals surface area (Å²) in [5.74, 6) is -3.19. The predicted octanol–water partition coefficient (Wildman–Crippen LogP) is 5.92. The Hall–Kier alpha value is -6.57. The molecule has 0 radical (unpaired) electrons. The van der Waals surface area contributed by atoms with Gasteiger partial charge in [-0.2, -0.15) is 5.10 Å². The molecular formula is C59H79F6N13O9Si. The number of aliphatic hydroxyl groups is 2. The number of likely N-dealkylation sites (tertiary alicyclic amines) is 4. The quantitative estimate of drug-likeness (QED) is 0.0540. The predicted molar refractivity (Wildman–Crippen MR) is 317 cm³/mol. The minimum Gasteiger partial charge on any atom is -0.390 e. The van der Waals surface area contributed by atoms with E-state index in [1.54, 1.807) is 0 Å². The summed E-state index contributed by atoms with van der Waals surface area (Å²) in [7, 11) is -1.36. The number of aliphatic imine (C=N–C) groups is 1. The van der Waals surface area contributed by atoms with Crippen LogP contribution in [0.15, 0.2) is 54.0 Å². The summed E-state index contributed by atoms with van der Waals surface area (Å²) in [6.45, 7) is 12.0. The molecule has 5 aromatic rings. The topological polar surface area (TPSA) is 247 Å². The number of nitrogens with one attached hydrogen (secondary N) is 2. The number of amides is 2. The number of hydrogen-bond acceptors (Lipinski definition) is 19. The van der Waals surface area contributed by atoms with Gasteiger partial charge in [0, 0.05) is 64.8 Å². The molecule has 88 heavy (non-hydrogen) atoms. The van der Waals surface area contributed by atoms with E-state index in [0.717, 1.165) is 42.4 Å². The number of β-amino-alcohol motifs (C(OH)–C–C–N with tert-alkyl or cyclic N) is 2. The summed E-state index contributed by atoms with van der Waals surface area (Å²) in [5.41, 5.74) is 1.04. The molecule has 7 saturated heterocycles. The van der Waals surface area contributed by atoms with Crippen molar-refractivity contribution in [2.75, 3.05) is 96.2 Å². The molecule has 2 aromatic carbocycles. The second kappa shape index (κ2) is 28.5. The van der Waals surface area contributed by atoms with E-state index in [2.05, 4.69) is 74.8 Å². The third-order valence-electron chi connectivity index (χ3n) is 16.4. The highest BCUT2D eigenvalue weighted by atomic mass is 28.3. The van der Waals surface area contributed by atoms with Crippen LogP contribution in [0, 0.1) is 23.3 Å². The summed E-state index contributed by atoms with van der Waals surface area (Å²) in [5, 5.41) is 32.9. The molecule has 4 N–H and O–H groups in total. The molecule has 0 unspecified atom stereocenters. The van der Waals surface area contributed by atoms with Crippen LogP contribution < -0.4 is 10.6 Å². The molecule has 8 atom stereocenters. The molecule has 8 aliphatic heterocycles. The van der Waals surface area contributed by atoms with Gasteiger partial charge >= 0.3 is 0 Å². The van der Waals surface area contributed by atoms with Gasteiger partial charge in [0.25, 0.3) is 11.8 Å². The smallest absolute Gasteiger partial charge is 0.275 e. The highest BCUT2D eigenvalue weighted by Crippen LogP contribution is 2.40. The Bertz CT molecular complexity index is 3320. The first-order valence-corrected chi connectivity index (χ1v) is 32.1. The first kappa shape index (κ1) is 67.4. The number of benzene rings is 2. The summed E-state index contributed by atoms with van der Waals surface area (Å²) in [6.07, 6.45) is -1.79. The van der Waals surface area contributed by atoms with Crippen LogP contribution >= 0.6 is 0 Å². The molecule has 480 valence electrons. The minimum atomic E-state index is -1.44. The lowest BCUT2D eigenvalue weighted by Crippen LogP contribution is -2.48. The Morgan fingerprint density at radius 1 is 0.693 bits per heavy atom. The van der Waals surface area contributed by atoms with E-state index < -0.39 is 85.8 Å². The standard InChI is InChI=1S/C29H38F3N7O4Si.C24H25F3N6O3.C3H4O2.3CH4/c1-44(2,3)7-6-42-16-39-28-25(27(33-15-34-28)35-22-11-37(12-24(22)40)19-13-43-14-19)26(36-39)29(41)38-10-18(31)9-23(38)20-8-17(30)4-5-21(20)32;25-12-1-2-16(27)15(3-12)19-4-13(26)6-33(19)24(35)22-21-17(5-28-22)29-11-30-23(21)31-18-7-32(8-20(18)34)14-9-36-10-14;4-3-1-5-2-3;;;/h4-5,8,15,18-19,22-24,40H,6-7,9-14,16H2,1-3H3,(H,33,34,35);1-3,11,13-14,18-20,34H,4-10H2,(H,29,30,31);1-2H2;3*1H4/t18-,22+,23+,24+;13-,18+,19+,20+;;;;/m00..../s1. The van der Waals surface area contributed by atoms with Crippen molar-refractivity contribution >= 4 is 54.1 Å². The van der Waals surface area contributed by atoms with Gasteiger partial charge in [-0.1, -0.05) is 41.9 Å². The Morgan fingerprint density at radius 3 is 1.70 bits per heavy atom. The molecule has 3 aromatic heterocycles. The lowest BCUT2D eigenvalue weighted by atomic mass is 10.0. The maximum Gasteiger partial charge on any atom is 0.275 e. The maximum atomic E-state index is 14.8. The van der Waals surface area contributed by atoms with Crippen molar-refractivity contribution in [1.29, 1.82) is 0 Å². The number of nitrogens with zero attached hydrogens (tertiary/aromatic N) is 11. The number of fused-ring (bicyclic) bond motifs is 2. The molecule has 8 aliphatic rings. The number of anilines is 2. The molecule has 0 saturated carbocycles.